The molecule has 0 aliphatic rings. The molecular weight excluding hydrogens is 268 g/mol. The van der Waals surface area contributed by atoms with Crippen molar-refractivity contribution >= 4 is 17.4 Å². The first kappa shape index (κ1) is 14.9. The molecule has 0 atom stereocenters. The lowest BCUT2D eigenvalue weighted by atomic mass is 10.3. The fourth-order valence-corrected chi connectivity index (χ4v) is 1.89. The van der Waals surface area contributed by atoms with Gasteiger partial charge in [-0.15, -0.1) is 10.2 Å². The maximum absolute atomic E-state index is 12.0. The Kier molecular flexibility index (Phi) is 5.22. The summed E-state index contributed by atoms with van der Waals surface area (Å²) in [5.41, 5.74) is 0.964. The molecule has 1 amide bonds. The predicted octanol–water partition coefficient (Wildman–Crippen LogP) is 1.55. The summed E-state index contributed by atoms with van der Waals surface area (Å²) in [5, 5.41) is 19.7. The molecule has 6 heteroatoms. The normalized spacial score (nSPS) is 10.2. The van der Waals surface area contributed by atoms with Crippen LogP contribution in [0.4, 0.5) is 11.5 Å². The molecule has 0 saturated heterocycles. The van der Waals surface area contributed by atoms with Gasteiger partial charge in [0.2, 0.25) is 0 Å². The summed E-state index contributed by atoms with van der Waals surface area (Å²) < 4.78 is 0. The predicted molar refractivity (Wildman–Crippen MR) is 81.4 cm³/mol. The summed E-state index contributed by atoms with van der Waals surface area (Å²) in [4.78, 5) is 13.9. The van der Waals surface area contributed by atoms with E-state index in [1.165, 1.54) is 0 Å². The number of carbonyl (C=O) groups excluding carboxylic acids is 1. The van der Waals surface area contributed by atoms with E-state index in [2.05, 4.69) is 15.5 Å². The second-order valence-electron chi connectivity index (χ2n) is 4.40. The number of hydrogen-bond donors (Lipinski definition) is 2. The van der Waals surface area contributed by atoms with Gasteiger partial charge in [-0.3, -0.25) is 4.79 Å². The Hall–Kier alpha value is -2.47. The number of rotatable bonds is 6. The van der Waals surface area contributed by atoms with E-state index in [4.69, 9.17) is 5.11 Å². The first-order chi connectivity index (χ1) is 10.2. The summed E-state index contributed by atoms with van der Waals surface area (Å²) in [6.45, 7) is 3.21. The van der Waals surface area contributed by atoms with Crippen LogP contribution in [0.5, 0.6) is 0 Å². The molecule has 0 aliphatic heterocycles. The minimum Gasteiger partial charge on any atom is -0.395 e. The molecule has 0 fully saturated rings. The van der Waals surface area contributed by atoms with Crippen molar-refractivity contribution in [2.45, 2.75) is 6.92 Å². The van der Waals surface area contributed by atoms with Crippen LogP contribution in [-0.2, 0) is 0 Å². The van der Waals surface area contributed by atoms with E-state index < -0.39 is 0 Å². The van der Waals surface area contributed by atoms with Crippen LogP contribution in [0.1, 0.15) is 17.4 Å². The van der Waals surface area contributed by atoms with Crippen molar-refractivity contribution < 1.29 is 9.90 Å². The highest BCUT2D eigenvalue weighted by atomic mass is 16.3. The van der Waals surface area contributed by atoms with Crippen molar-refractivity contribution in [2.24, 2.45) is 0 Å². The van der Waals surface area contributed by atoms with Gasteiger partial charge in [0.1, 0.15) is 0 Å². The monoisotopic (exact) mass is 286 g/mol. The third-order valence-electron chi connectivity index (χ3n) is 2.99. The highest BCUT2D eigenvalue weighted by Gasteiger charge is 2.10. The van der Waals surface area contributed by atoms with Gasteiger partial charge in [0, 0.05) is 18.8 Å². The van der Waals surface area contributed by atoms with Gasteiger partial charge in [0.15, 0.2) is 11.5 Å². The molecule has 21 heavy (non-hydrogen) atoms. The number of aliphatic hydroxyl groups is 1. The number of nitrogens with one attached hydrogen (secondary N) is 1. The lowest BCUT2D eigenvalue weighted by Gasteiger charge is -2.19. The average Bonchev–Trinajstić information content (AvgIpc) is 2.54. The summed E-state index contributed by atoms with van der Waals surface area (Å²) in [6, 6.07) is 12.5. The number of carbonyl (C=O) groups is 1. The van der Waals surface area contributed by atoms with E-state index in [1.54, 1.807) is 24.3 Å². The van der Waals surface area contributed by atoms with Crippen molar-refractivity contribution in [2.75, 3.05) is 29.9 Å². The Bertz CT molecular complexity index is 572. The highest BCUT2D eigenvalue weighted by molar-refractivity contribution is 6.02. The van der Waals surface area contributed by atoms with Crippen LogP contribution in [-0.4, -0.2) is 40.9 Å². The molecule has 0 aliphatic carbocycles. The molecule has 2 aromatic rings. The zero-order valence-electron chi connectivity index (χ0n) is 11.9. The SMILES string of the molecule is CCN(CCO)c1ccc(C(=O)Nc2ccccc2)nn1. The van der Waals surface area contributed by atoms with Crippen LogP contribution < -0.4 is 10.2 Å². The summed E-state index contributed by atoms with van der Waals surface area (Å²) in [7, 11) is 0. The molecule has 0 saturated carbocycles. The zero-order chi connectivity index (χ0) is 15.1. The zero-order valence-corrected chi connectivity index (χ0v) is 11.9. The van der Waals surface area contributed by atoms with Gasteiger partial charge in [-0.1, -0.05) is 18.2 Å². The summed E-state index contributed by atoms with van der Waals surface area (Å²) >= 11 is 0. The molecule has 2 N–H and O–H groups in total. The minimum absolute atomic E-state index is 0.0474. The Labute approximate surface area is 123 Å². The first-order valence-electron chi connectivity index (χ1n) is 6.80. The van der Waals surface area contributed by atoms with E-state index in [0.29, 0.717) is 24.6 Å². The quantitative estimate of drug-likeness (QED) is 0.842. The van der Waals surface area contributed by atoms with Crippen LogP contribution in [0.15, 0.2) is 42.5 Å². The maximum atomic E-state index is 12.0. The Morgan fingerprint density at radius 3 is 2.52 bits per heavy atom. The van der Waals surface area contributed by atoms with E-state index in [9.17, 15) is 4.79 Å². The van der Waals surface area contributed by atoms with Gasteiger partial charge in [-0.05, 0) is 31.2 Å². The molecule has 2 rings (SSSR count). The number of hydrogen-bond acceptors (Lipinski definition) is 5. The van der Waals surface area contributed by atoms with Crippen molar-refractivity contribution in [3.8, 4) is 0 Å². The molecule has 1 heterocycles. The van der Waals surface area contributed by atoms with Crippen LogP contribution >= 0.6 is 0 Å². The van der Waals surface area contributed by atoms with Crippen molar-refractivity contribution in [1.29, 1.82) is 0 Å². The van der Waals surface area contributed by atoms with Crippen LogP contribution in [0.25, 0.3) is 0 Å². The maximum Gasteiger partial charge on any atom is 0.276 e. The van der Waals surface area contributed by atoms with Crippen LogP contribution in [0.3, 0.4) is 0 Å². The summed E-state index contributed by atoms with van der Waals surface area (Å²) in [5.74, 6) is 0.341. The molecule has 0 radical (unpaired) electrons. The number of anilines is 2. The third-order valence-corrected chi connectivity index (χ3v) is 2.99. The van der Waals surface area contributed by atoms with Gasteiger partial charge in [0.25, 0.3) is 5.91 Å². The number of para-hydroxylation sites is 1. The number of aliphatic hydroxyl groups excluding tert-OH is 1. The van der Waals surface area contributed by atoms with Gasteiger partial charge >= 0.3 is 0 Å². The van der Waals surface area contributed by atoms with Crippen molar-refractivity contribution in [3.63, 3.8) is 0 Å². The highest BCUT2D eigenvalue weighted by Crippen LogP contribution is 2.11. The number of likely N-dealkylation sites (N-methyl/N-ethyl adjacent to an activating group) is 1. The van der Waals surface area contributed by atoms with Crippen molar-refractivity contribution in [3.05, 3.63) is 48.2 Å². The molecule has 0 bridgehead atoms. The second kappa shape index (κ2) is 7.35. The molecular formula is C15H18N4O2. The lowest BCUT2D eigenvalue weighted by molar-refractivity contribution is 0.102. The van der Waals surface area contributed by atoms with Gasteiger partial charge in [0.05, 0.1) is 6.61 Å². The number of aromatic nitrogens is 2. The number of benzene rings is 1. The van der Waals surface area contributed by atoms with Gasteiger partial charge in [-0.2, -0.15) is 0 Å². The number of nitrogens with zero attached hydrogens (tertiary/aromatic N) is 3. The Balaban J connectivity index is 2.06. The Morgan fingerprint density at radius 2 is 1.95 bits per heavy atom. The average molecular weight is 286 g/mol. The van der Waals surface area contributed by atoms with E-state index in [0.717, 1.165) is 0 Å². The molecule has 1 aromatic carbocycles. The fourth-order valence-electron chi connectivity index (χ4n) is 1.89. The molecule has 6 nitrogen and oxygen atoms in total. The largest absolute Gasteiger partial charge is 0.395 e. The van der Waals surface area contributed by atoms with Gasteiger partial charge < -0.3 is 15.3 Å². The lowest BCUT2D eigenvalue weighted by Crippen LogP contribution is -2.27. The minimum atomic E-state index is -0.301. The topological polar surface area (TPSA) is 78.4 Å². The molecule has 0 spiro atoms. The first-order valence-corrected chi connectivity index (χ1v) is 6.80. The molecule has 1 aromatic heterocycles. The Morgan fingerprint density at radius 1 is 1.19 bits per heavy atom. The second-order valence-corrected chi connectivity index (χ2v) is 4.40. The van der Waals surface area contributed by atoms with E-state index in [-0.39, 0.29) is 18.2 Å². The van der Waals surface area contributed by atoms with Gasteiger partial charge in [-0.25, -0.2) is 0 Å². The van der Waals surface area contributed by atoms with E-state index >= 15 is 0 Å². The number of amides is 1. The van der Waals surface area contributed by atoms with Crippen LogP contribution in [0.2, 0.25) is 0 Å². The fraction of sp³-hybridized carbons (Fsp3) is 0.267. The standard InChI is InChI=1S/C15H18N4O2/c1-2-19(10-11-20)14-9-8-13(17-18-14)15(21)16-12-6-4-3-5-7-12/h3-9,20H,2,10-11H2,1H3,(H,16,21). The third kappa shape index (κ3) is 4.00. The summed E-state index contributed by atoms with van der Waals surface area (Å²) in [6.07, 6.45) is 0. The smallest absolute Gasteiger partial charge is 0.276 e. The molecule has 110 valence electrons. The molecule has 0 unspecified atom stereocenters. The van der Waals surface area contributed by atoms with Crippen molar-refractivity contribution in [1.82, 2.24) is 10.2 Å². The van der Waals surface area contributed by atoms with Crippen LogP contribution in [0, 0.1) is 0 Å². The van der Waals surface area contributed by atoms with E-state index in [1.807, 2.05) is 30.0 Å².